The lowest BCUT2D eigenvalue weighted by atomic mass is 10.3. The number of hydrogen-bond donors (Lipinski definition) is 0. The molecule has 2 aromatic rings. The van der Waals surface area contributed by atoms with Gasteiger partial charge >= 0.3 is 0 Å². The molecule has 1 aromatic carbocycles. The lowest BCUT2D eigenvalue weighted by Gasteiger charge is -2.03. The quantitative estimate of drug-likeness (QED) is 0.672. The van der Waals surface area contributed by atoms with E-state index in [9.17, 15) is 0 Å². The van der Waals surface area contributed by atoms with Crippen molar-refractivity contribution in [3.05, 3.63) is 40.6 Å². The molecule has 1 aromatic heterocycles. The Balaban J connectivity index is 2.25. The maximum atomic E-state index is 6.10. The molecule has 0 unspecified atom stereocenters. The third-order valence-electron chi connectivity index (χ3n) is 2.15. The summed E-state index contributed by atoms with van der Waals surface area (Å²) in [7, 11) is 0. The second kappa shape index (κ2) is 3.36. The van der Waals surface area contributed by atoms with Crippen LogP contribution in [0.25, 0.3) is 0 Å². The van der Waals surface area contributed by atoms with Crippen LogP contribution in [0.2, 0.25) is 0 Å². The van der Waals surface area contributed by atoms with Crippen molar-refractivity contribution >= 4 is 33.8 Å². The summed E-state index contributed by atoms with van der Waals surface area (Å²) in [6, 6.07) is 7.59. The average molecular weight is 236 g/mol. The third kappa shape index (κ3) is 1.44. The summed E-state index contributed by atoms with van der Waals surface area (Å²) >= 11 is 7.65. The Bertz CT molecular complexity index is 547. The summed E-state index contributed by atoms with van der Waals surface area (Å²) < 4.78 is 5.72. The van der Waals surface area contributed by atoms with Gasteiger partial charge in [0.05, 0.1) is 5.56 Å². The fourth-order valence-corrected chi connectivity index (χ4v) is 2.47. The van der Waals surface area contributed by atoms with E-state index >= 15 is 0 Å². The number of fused-ring (bicyclic) bond motifs is 2. The smallest absolute Gasteiger partial charge is 0.153 e. The molecule has 1 aliphatic rings. The van der Waals surface area contributed by atoms with Gasteiger partial charge in [0.25, 0.3) is 0 Å². The second-order valence-electron chi connectivity index (χ2n) is 3.12. The molecule has 4 heteroatoms. The summed E-state index contributed by atoms with van der Waals surface area (Å²) in [5.41, 5.74) is 1.63. The van der Waals surface area contributed by atoms with Crippen molar-refractivity contribution in [1.29, 1.82) is 0 Å². The third-order valence-corrected chi connectivity index (χ3v) is 3.16. The van der Waals surface area contributed by atoms with Crippen molar-refractivity contribution in [2.75, 3.05) is 0 Å². The molecule has 3 rings (SSSR count). The van der Waals surface area contributed by atoms with Crippen LogP contribution in [-0.4, -0.2) is 5.17 Å². The van der Waals surface area contributed by atoms with Crippen LogP contribution >= 0.6 is 22.9 Å². The largest absolute Gasteiger partial charge is 0.453 e. The molecule has 0 spiro atoms. The van der Waals surface area contributed by atoms with Crippen molar-refractivity contribution < 1.29 is 4.74 Å². The van der Waals surface area contributed by atoms with Crippen LogP contribution in [0.1, 0.15) is 5.56 Å². The minimum absolute atomic E-state index is 0.483. The molecule has 0 fully saturated rings. The Morgan fingerprint density at radius 2 is 2.00 bits per heavy atom. The van der Waals surface area contributed by atoms with E-state index < -0.39 is 0 Å². The van der Waals surface area contributed by atoms with E-state index in [1.807, 2.05) is 35.0 Å². The van der Waals surface area contributed by atoms with Crippen LogP contribution in [-0.2, 0) is 0 Å². The number of ether oxygens (including phenoxy) is 1. The first-order valence-electron chi connectivity index (χ1n) is 4.42. The highest BCUT2D eigenvalue weighted by atomic mass is 35.5. The van der Waals surface area contributed by atoms with Crippen LogP contribution in [0.15, 0.2) is 40.0 Å². The summed E-state index contributed by atoms with van der Waals surface area (Å²) in [5, 5.41) is 4.35. The average Bonchev–Trinajstić information content (AvgIpc) is 2.64. The Labute approximate surface area is 95.8 Å². The second-order valence-corrected chi connectivity index (χ2v) is 4.22. The molecule has 0 saturated carbocycles. The standard InChI is InChI=1S/C11H6ClNOS/c12-11-7-5-15-6-10(7)14-9-4-2-1-3-8(9)13-11/h1-6H. The van der Waals surface area contributed by atoms with E-state index in [0.717, 1.165) is 22.7 Å². The van der Waals surface area contributed by atoms with Gasteiger partial charge in [-0.2, -0.15) is 0 Å². The molecule has 0 saturated heterocycles. The van der Waals surface area contributed by atoms with Crippen LogP contribution in [0.5, 0.6) is 11.5 Å². The van der Waals surface area contributed by atoms with Gasteiger partial charge in [-0.25, -0.2) is 4.99 Å². The first-order chi connectivity index (χ1) is 7.34. The molecule has 0 amide bonds. The minimum atomic E-state index is 0.483. The van der Waals surface area contributed by atoms with Crippen LogP contribution in [0, 0.1) is 0 Å². The minimum Gasteiger partial charge on any atom is -0.453 e. The van der Waals surface area contributed by atoms with E-state index in [0.29, 0.717) is 5.17 Å². The van der Waals surface area contributed by atoms with E-state index in [1.54, 1.807) is 11.3 Å². The zero-order valence-electron chi connectivity index (χ0n) is 7.61. The maximum absolute atomic E-state index is 6.10. The molecule has 1 aliphatic heterocycles. The maximum Gasteiger partial charge on any atom is 0.153 e. The first kappa shape index (κ1) is 8.95. The van der Waals surface area contributed by atoms with E-state index in [1.165, 1.54) is 0 Å². The number of hydrogen-bond acceptors (Lipinski definition) is 3. The van der Waals surface area contributed by atoms with Gasteiger partial charge in [-0.3, -0.25) is 0 Å². The molecule has 2 heterocycles. The fraction of sp³-hybridized carbons (Fsp3) is 0. The first-order valence-corrected chi connectivity index (χ1v) is 5.74. The fourth-order valence-electron chi connectivity index (χ4n) is 1.44. The Morgan fingerprint density at radius 1 is 1.13 bits per heavy atom. The van der Waals surface area contributed by atoms with Crippen molar-refractivity contribution in [2.24, 2.45) is 4.99 Å². The number of aliphatic imine (C=N–C) groups is 1. The monoisotopic (exact) mass is 235 g/mol. The van der Waals surface area contributed by atoms with E-state index in [-0.39, 0.29) is 0 Å². The number of thiophene rings is 1. The highest BCUT2D eigenvalue weighted by Gasteiger charge is 2.16. The van der Waals surface area contributed by atoms with Crippen molar-refractivity contribution in [3.63, 3.8) is 0 Å². The summed E-state index contributed by atoms with van der Waals surface area (Å²) in [6.07, 6.45) is 0. The lowest BCUT2D eigenvalue weighted by Crippen LogP contribution is -1.87. The number of benzene rings is 1. The summed E-state index contributed by atoms with van der Waals surface area (Å²) in [5.74, 6) is 1.52. The van der Waals surface area contributed by atoms with Gasteiger partial charge in [-0.15, -0.1) is 11.3 Å². The predicted octanol–water partition coefficient (Wildman–Crippen LogP) is 4.17. The Morgan fingerprint density at radius 3 is 2.93 bits per heavy atom. The van der Waals surface area contributed by atoms with E-state index in [4.69, 9.17) is 16.3 Å². The number of para-hydroxylation sites is 2. The molecule has 0 aliphatic carbocycles. The molecule has 74 valence electrons. The predicted molar refractivity (Wildman–Crippen MR) is 62.9 cm³/mol. The van der Waals surface area contributed by atoms with Gasteiger partial charge in [-0.05, 0) is 12.1 Å². The number of nitrogens with zero attached hydrogens (tertiary/aromatic N) is 1. The normalized spacial score (nSPS) is 13.3. The van der Waals surface area contributed by atoms with E-state index in [2.05, 4.69) is 4.99 Å². The molecule has 0 N–H and O–H groups in total. The van der Waals surface area contributed by atoms with Crippen LogP contribution in [0.4, 0.5) is 5.69 Å². The van der Waals surface area contributed by atoms with Crippen LogP contribution < -0.4 is 4.74 Å². The molecule has 0 bridgehead atoms. The van der Waals surface area contributed by atoms with Gasteiger partial charge in [0.1, 0.15) is 16.6 Å². The van der Waals surface area contributed by atoms with Gasteiger partial charge < -0.3 is 4.74 Å². The molecular weight excluding hydrogens is 230 g/mol. The van der Waals surface area contributed by atoms with Gasteiger partial charge in [0, 0.05) is 10.8 Å². The highest BCUT2D eigenvalue weighted by molar-refractivity contribution is 7.08. The zero-order chi connectivity index (χ0) is 10.3. The van der Waals surface area contributed by atoms with Gasteiger partial charge in [-0.1, -0.05) is 23.7 Å². The molecule has 0 atom stereocenters. The van der Waals surface area contributed by atoms with Gasteiger partial charge in [0.15, 0.2) is 5.75 Å². The van der Waals surface area contributed by atoms with Crippen molar-refractivity contribution in [1.82, 2.24) is 0 Å². The van der Waals surface area contributed by atoms with Crippen molar-refractivity contribution in [3.8, 4) is 11.5 Å². The molecule has 2 nitrogen and oxygen atoms in total. The summed E-state index contributed by atoms with van der Waals surface area (Å²) in [6.45, 7) is 0. The zero-order valence-corrected chi connectivity index (χ0v) is 9.18. The number of halogens is 1. The molecule has 15 heavy (non-hydrogen) atoms. The topological polar surface area (TPSA) is 21.6 Å². The number of rotatable bonds is 0. The molecular formula is C11H6ClNOS. The highest BCUT2D eigenvalue weighted by Crippen LogP contribution is 2.39. The van der Waals surface area contributed by atoms with Gasteiger partial charge in [0.2, 0.25) is 0 Å². The Hall–Kier alpha value is -1.32. The van der Waals surface area contributed by atoms with Crippen molar-refractivity contribution in [2.45, 2.75) is 0 Å². The Kier molecular flexibility index (Phi) is 2.01. The van der Waals surface area contributed by atoms with Crippen LogP contribution in [0.3, 0.4) is 0 Å². The lowest BCUT2D eigenvalue weighted by molar-refractivity contribution is 0.487. The summed E-state index contributed by atoms with van der Waals surface area (Å²) in [4.78, 5) is 4.32. The SMILES string of the molecule is ClC1=Nc2ccccc2Oc2cscc21. The molecule has 0 radical (unpaired) electrons.